The van der Waals surface area contributed by atoms with E-state index in [9.17, 15) is 8.42 Å². The first-order valence-electron chi connectivity index (χ1n) is 6.97. The van der Waals surface area contributed by atoms with Crippen LogP contribution in [0.5, 0.6) is 5.75 Å². The summed E-state index contributed by atoms with van der Waals surface area (Å²) in [4.78, 5) is 2.28. The Morgan fingerprint density at radius 3 is 2.38 bits per heavy atom. The van der Waals surface area contributed by atoms with Gasteiger partial charge in [0.25, 0.3) is 0 Å². The van der Waals surface area contributed by atoms with Gasteiger partial charge in [0.2, 0.25) is 10.0 Å². The van der Waals surface area contributed by atoms with E-state index in [0.717, 1.165) is 19.5 Å². The van der Waals surface area contributed by atoms with Gasteiger partial charge < -0.3 is 15.0 Å². The molecule has 0 saturated carbocycles. The van der Waals surface area contributed by atoms with Crippen LogP contribution in [-0.4, -0.2) is 60.7 Å². The van der Waals surface area contributed by atoms with E-state index in [-0.39, 0.29) is 4.90 Å². The molecule has 1 rings (SSSR count). The Balaban J connectivity index is 2.50. The van der Waals surface area contributed by atoms with Crippen molar-refractivity contribution in [2.75, 3.05) is 47.4 Å². The largest absolute Gasteiger partial charge is 0.492 e. The number of hydrogen-bond acceptors (Lipinski definition) is 5. The second kappa shape index (κ2) is 8.99. The first kappa shape index (κ1) is 17.9. The summed E-state index contributed by atoms with van der Waals surface area (Å²) in [5, 5.41) is 2.98. The molecule has 0 atom stereocenters. The fourth-order valence-electron chi connectivity index (χ4n) is 1.67. The molecular weight excluding hydrogens is 290 g/mol. The lowest BCUT2D eigenvalue weighted by Gasteiger charge is -2.11. The van der Waals surface area contributed by atoms with Gasteiger partial charge in [0.05, 0.1) is 4.90 Å². The molecule has 0 unspecified atom stereocenters. The molecule has 7 heteroatoms. The molecule has 6 nitrogen and oxygen atoms in total. The molecule has 0 aliphatic rings. The number of ether oxygens (including phenoxy) is 1. The highest BCUT2D eigenvalue weighted by Gasteiger charge is 2.13. The highest BCUT2D eigenvalue weighted by atomic mass is 32.2. The summed E-state index contributed by atoms with van der Waals surface area (Å²) >= 11 is 0. The highest BCUT2D eigenvalue weighted by molar-refractivity contribution is 7.89. The normalized spacial score (nSPS) is 11.8. The van der Waals surface area contributed by atoms with Crippen molar-refractivity contribution in [1.29, 1.82) is 0 Å². The minimum atomic E-state index is -3.44. The van der Waals surface area contributed by atoms with Crippen molar-refractivity contribution < 1.29 is 13.2 Å². The van der Waals surface area contributed by atoms with Gasteiger partial charge in [-0.15, -0.1) is 0 Å². The zero-order valence-corrected chi connectivity index (χ0v) is 13.7. The lowest BCUT2D eigenvalue weighted by atomic mass is 10.3. The van der Waals surface area contributed by atoms with Crippen LogP contribution in [-0.2, 0) is 10.0 Å². The van der Waals surface area contributed by atoms with Crippen molar-refractivity contribution in [3.05, 3.63) is 24.3 Å². The van der Waals surface area contributed by atoms with Crippen molar-refractivity contribution in [2.24, 2.45) is 0 Å². The fourth-order valence-corrected chi connectivity index (χ4v) is 2.75. The molecule has 0 fully saturated rings. The molecule has 0 spiro atoms. The van der Waals surface area contributed by atoms with Crippen LogP contribution in [0.25, 0.3) is 0 Å². The van der Waals surface area contributed by atoms with E-state index in [1.165, 1.54) is 0 Å². The first-order valence-corrected chi connectivity index (χ1v) is 8.46. The Labute approximate surface area is 127 Å². The van der Waals surface area contributed by atoms with Gasteiger partial charge in [-0.3, -0.25) is 0 Å². The van der Waals surface area contributed by atoms with Gasteiger partial charge in [-0.2, -0.15) is 0 Å². The molecule has 2 N–H and O–H groups in total. The van der Waals surface area contributed by atoms with Crippen molar-refractivity contribution in [2.45, 2.75) is 11.3 Å². The molecule has 1 aromatic rings. The van der Waals surface area contributed by atoms with Crippen LogP contribution < -0.4 is 14.8 Å². The quantitative estimate of drug-likeness (QED) is 0.616. The highest BCUT2D eigenvalue weighted by Crippen LogP contribution is 2.15. The van der Waals surface area contributed by atoms with Crippen LogP contribution in [0.1, 0.15) is 6.42 Å². The van der Waals surface area contributed by atoms with Gasteiger partial charge in [0, 0.05) is 13.1 Å². The molecular formula is C14H25N3O3S. The number of benzene rings is 1. The van der Waals surface area contributed by atoms with Gasteiger partial charge in [-0.1, -0.05) is 0 Å². The summed E-state index contributed by atoms with van der Waals surface area (Å²) in [7, 11) is 2.33. The van der Waals surface area contributed by atoms with E-state index < -0.39 is 10.0 Å². The van der Waals surface area contributed by atoms with E-state index in [2.05, 4.69) is 10.0 Å². The first-order chi connectivity index (χ1) is 9.95. The maximum Gasteiger partial charge on any atom is 0.240 e. The SMILES string of the molecule is CNCCOc1ccc(S(=O)(=O)NCCCN(C)C)cc1. The summed E-state index contributed by atoms with van der Waals surface area (Å²) in [5.41, 5.74) is 0. The molecule has 0 amide bonds. The number of likely N-dealkylation sites (N-methyl/N-ethyl adjacent to an activating group) is 1. The molecule has 120 valence electrons. The Kier molecular flexibility index (Phi) is 7.66. The van der Waals surface area contributed by atoms with Crippen LogP contribution in [0.4, 0.5) is 0 Å². The molecule has 0 radical (unpaired) electrons. The Morgan fingerprint density at radius 1 is 1.14 bits per heavy atom. The van der Waals surface area contributed by atoms with Crippen LogP contribution in [0.15, 0.2) is 29.2 Å². The van der Waals surface area contributed by atoms with E-state index in [4.69, 9.17) is 4.74 Å². The van der Waals surface area contributed by atoms with Gasteiger partial charge in [0.1, 0.15) is 12.4 Å². The van der Waals surface area contributed by atoms with Crippen LogP contribution >= 0.6 is 0 Å². The van der Waals surface area contributed by atoms with E-state index in [0.29, 0.717) is 18.9 Å². The number of sulfonamides is 1. The number of rotatable bonds is 10. The number of hydrogen-bond donors (Lipinski definition) is 2. The van der Waals surface area contributed by atoms with Crippen molar-refractivity contribution >= 4 is 10.0 Å². The molecule has 1 aromatic carbocycles. The lowest BCUT2D eigenvalue weighted by molar-refractivity contribution is 0.318. The molecule has 0 bridgehead atoms. The second-order valence-corrected chi connectivity index (χ2v) is 6.74. The molecule has 0 aliphatic carbocycles. The number of nitrogens with one attached hydrogen (secondary N) is 2. The molecule has 0 heterocycles. The minimum absolute atomic E-state index is 0.258. The number of nitrogens with zero attached hydrogens (tertiary/aromatic N) is 1. The topological polar surface area (TPSA) is 70.7 Å². The average molecular weight is 315 g/mol. The predicted molar refractivity (Wildman–Crippen MR) is 84.2 cm³/mol. The minimum Gasteiger partial charge on any atom is -0.492 e. The summed E-state index contributed by atoms with van der Waals surface area (Å²) in [5.74, 6) is 0.664. The van der Waals surface area contributed by atoms with Gasteiger partial charge in [0.15, 0.2) is 0 Å². The lowest BCUT2D eigenvalue weighted by Crippen LogP contribution is -2.27. The summed E-state index contributed by atoms with van der Waals surface area (Å²) in [6, 6.07) is 6.46. The monoisotopic (exact) mass is 315 g/mol. The summed E-state index contributed by atoms with van der Waals surface area (Å²) in [6.07, 6.45) is 0.775. The average Bonchev–Trinajstić information content (AvgIpc) is 2.44. The van der Waals surface area contributed by atoms with Crippen molar-refractivity contribution in [3.8, 4) is 5.75 Å². The van der Waals surface area contributed by atoms with Crippen LogP contribution in [0, 0.1) is 0 Å². The van der Waals surface area contributed by atoms with Crippen molar-refractivity contribution in [1.82, 2.24) is 14.9 Å². The third kappa shape index (κ3) is 6.90. The van der Waals surface area contributed by atoms with E-state index in [1.54, 1.807) is 24.3 Å². The van der Waals surface area contributed by atoms with E-state index >= 15 is 0 Å². The predicted octanol–water partition coefficient (Wildman–Crippen LogP) is 0.515. The molecule has 0 aliphatic heterocycles. The zero-order valence-electron chi connectivity index (χ0n) is 12.9. The molecule has 0 saturated heterocycles. The third-order valence-electron chi connectivity index (χ3n) is 2.83. The summed E-state index contributed by atoms with van der Waals surface area (Å²) in [6.45, 7) is 2.57. The van der Waals surface area contributed by atoms with Gasteiger partial charge in [-0.05, 0) is 58.4 Å². The maximum atomic E-state index is 12.1. The van der Waals surface area contributed by atoms with Crippen LogP contribution in [0.2, 0.25) is 0 Å². The molecule has 0 aromatic heterocycles. The second-order valence-electron chi connectivity index (χ2n) is 4.98. The summed E-state index contributed by atoms with van der Waals surface area (Å²) < 4.78 is 32.2. The zero-order chi connectivity index (χ0) is 15.7. The Bertz CT molecular complexity index is 501. The van der Waals surface area contributed by atoms with Crippen LogP contribution in [0.3, 0.4) is 0 Å². The van der Waals surface area contributed by atoms with E-state index in [1.807, 2.05) is 26.0 Å². The van der Waals surface area contributed by atoms with Crippen molar-refractivity contribution in [3.63, 3.8) is 0 Å². The molecule has 21 heavy (non-hydrogen) atoms. The maximum absolute atomic E-state index is 12.1. The standard InChI is InChI=1S/C14H25N3O3S/c1-15-10-12-20-13-5-7-14(8-6-13)21(18,19)16-9-4-11-17(2)3/h5-8,15-16H,4,9-12H2,1-3H3. The van der Waals surface area contributed by atoms with Gasteiger partial charge >= 0.3 is 0 Å². The third-order valence-corrected chi connectivity index (χ3v) is 4.31. The Hall–Kier alpha value is -1.15. The smallest absolute Gasteiger partial charge is 0.240 e. The Morgan fingerprint density at radius 2 is 1.81 bits per heavy atom. The van der Waals surface area contributed by atoms with Gasteiger partial charge in [-0.25, -0.2) is 13.1 Å². The fraction of sp³-hybridized carbons (Fsp3) is 0.571.